The van der Waals surface area contributed by atoms with Crippen LogP contribution in [-0.2, 0) is 13.6 Å². The number of nitrogens with zero attached hydrogens (tertiary/aromatic N) is 2. The number of halogens is 1. The van der Waals surface area contributed by atoms with E-state index in [9.17, 15) is 4.39 Å². The Hall–Kier alpha value is -1.42. The predicted octanol–water partition coefficient (Wildman–Crippen LogP) is 1.17. The molecule has 0 saturated carbocycles. The van der Waals surface area contributed by atoms with E-state index in [-0.39, 0.29) is 12.4 Å². The van der Waals surface area contributed by atoms with Crippen molar-refractivity contribution < 1.29 is 4.39 Å². The van der Waals surface area contributed by atoms with Crippen LogP contribution in [0.2, 0.25) is 0 Å². The normalized spacial score (nSPS) is 11.0. The van der Waals surface area contributed by atoms with Gasteiger partial charge in [-0.15, -0.1) is 0 Å². The zero-order valence-corrected chi connectivity index (χ0v) is 7.29. The molecule has 4 heteroatoms. The Morgan fingerprint density at radius 2 is 2.31 bits per heavy atom. The summed E-state index contributed by atoms with van der Waals surface area (Å²) in [7, 11) is 1.82. The van der Waals surface area contributed by atoms with E-state index in [1.165, 1.54) is 6.07 Å². The van der Waals surface area contributed by atoms with Crippen molar-refractivity contribution in [3.63, 3.8) is 0 Å². The maximum absolute atomic E-state index is 13.2. The van der Waals surface area contributed by atoms with Crippen LogP contribution in [0.3, 0.4) is 0 Å². The van der Waals surface area contributed by atoms with Crippen LogP contribution in [0.5, 0.6) is 0 Å². The third-order valence-electron chi connectivity index (χ3n) is 2.19. The highest BCUT2D eigenvalue weighted by Crippen LogP contribution is 2.20. The molecule has 0 amide bonds. The summed E-state index contributed by atoms with van der Waals surface area (Å²) in [6.45, 7) is 0.203. The SMILES string of the molecule is Cn1ncc2c(CN)c(F)ccc21. The molecule has 3 nitrogen and oxygen atoms in total. The van der Waals surface area contributed by atoms with Crippen molar-refractivity contribution in [3.05, 3.63) is 29.7 Å². The maximum Gasteiger partial charge on any atom is 0.128 e. The minimum absolute atomic E-state index is 0.203. The molecular weight excluding hydrogens is 169 g/mol. The van der Waals surface area contributed by atoms with Gasteiger partial charge in [-0.2, -0.15) is 5.10 Å². The molecule has 13 heavy (non-hydrogen) atoms. The highest BCUT2D eigenvalue weighted by molar-refractivity contribution is 5.82. The van der Waals surface area contributed by atoms with Gasteiger partial charge in [-0.3, -0.25) is 4.68 Å². The Morgan fingerprint density at radius 1 is 1.54 bits per heavy atom. The summed E-state index contributed by atoms with van der Waals surface area (Å²) in [4.78, 5) is 0. The fourth-order valence-corrected chi connectivity index (χ4v) is 1.47. The van der Waals surface area contributed by atoms with Crippen molar-refractivity contribution in [2.45, 2.75) is 6.54 Å². The molecule has 0 atom stereocenters. The number of rotatable bonds is 1. The molecule has 0 unspecified atom stereocenters. The largest absolute Gasteiger partial charge is 0.326 e. The van der Waals surface area contributed by atoms with Gasteiger partial charge < -0.3 is 5.73 Å². The average molecular weight is 179 g/mol. The molecule has 2 rings (SSSR count). The van der Waals surface area contributed by atoms with E-state index in [2.05, 4.69) is 5.10 Å². The van der Waals surface area contributed by atoms with Crippen molar-refractivity contribution in [2.75, 3.05) is 0 Å². The smallest absolute Gasteiger partial charge is 0.128 e. The van der Waals surface area contributed by atoms with Crippen molar-refractivity contribution >= 4 is 10.9 Å². The lowest BCUT2D eigenvalue weighted by Gasteiger charge is -2.01. The molecule has 1 aromatic carbocycles. The van der Waals surface area contributed by atoms with Crippen LogP contribution in [0.25, 0.3) is 10.9 Å². The molecule has 0 radical (unpaired) electrons. The van der Waals surface area contributed by atoms with Gasteiger partial charge in [0.05, 0.1) is 11.7 Å². The van der Waals surface area contributed by atoms with E-state index in [1.807, 2.05) is 7.05 Å². The van der Waals surface area contributed by atoms with Crippen LogP contribution >= 0.6 is 0 Å². The van der Waals surface area contributed by atoms with E-state index in [1.54, 1.807) is 16.9 Å². The Kier molecular flexibility index (Phi) is 1.77. The molecule has 1 aromatic heterocycles. The van der Waals surface area contributed by atoms with E-state index in [0.29, 0.717) is 5.56 Å². The number of fused-ring (bicyclic) bond motifs is 1. The van der Waals surface area contributed by atoms with Gasteiger partial charge in [0.15, 0.2) is 0 Å². The number of aromatic nitrogens is 2. The zero-order chi connectivity index (χ0) is 9.42. The van der Waals surface area contributed by atoms with Crippen molar-refractivity contribution in [3.8, 4) is 0 Å². The second-order valence-corrected chi connectivity index (χ2v) is 2.93. The van der Waals surface area contributed by atoms with Crippen molar-refractivity contribution in [1.82, 2.24) is 9.78 Å². The van der Waals surface area contributed by atoms with Crippen LogP contribution in [0.4, 0.5) is 4.39 Å². The van der Waals surface area contributed by atoms with Crippen LogP contribution < -0.4 is 5.73 Å². The lowest BCUT2D eigenvalue weighted by molar-refractivity contribution is 0.613. The van der Waals surface area contributed by atoms with Crippen LogP contribution in [-0.4, -0.2) is 9.78 Å². The molecule has 0 aliphatic carbocycles. The predicted molar refractivity (Wildman–Crippen MR) is 48.6 cm³/mol. The molecule has 1 heterocycles. The molecule has 0 saturated heterocycles. The summed E-state index contributed by atoms with van der Waals surface area (Å²) in [5.41, 5.74) is 6.89. The quantitative estimate of drug-likeness (QED) is 0.714. The van der Waals surface area contributed by atoms with Gasteiger partial charge in [0, 0.05) is 24.5 Å². The van der Waals surface area contributed by atoms with Gasteiger partial charge in [-0.25, -0.2) is 4.39 Å². The third kappa shape index (κ3) is 1.10. The number of aryl methyl sites for hydroxylation is 1. The molecule has 0 aliphatic heterocycles. The molecule has 0 aliphatic rings. The zero-order valence-electron chi connectivity index (χ0n) is 7.29. The second kappa shape index (κ2) is 2.81. The van der Waals surface area contributed by atoms with Crippen molar-refractivity contribution in [1.29, 1.82) is 0 Å². The van der Waals surface area contributed by atoms with Gasteiger partial charge in [0.1, 0.15) is 5.82 Å². The van der Waals surface area contributed by atoms with E-state index >= 15 is 0 Å². The van der Waals surface area contributed by atoms with Crippen molar-refractivity contribution in [2.24, 2.45) is 12.8 Å². The Morgan fingerprint density at radius 3 is 3.00 bits per heavy atom. The second-order valence-electron chi connectivity index (χ2n) is 2.93. The molecule has 0 fully saturated rings. The van der Waals surface area contributed by atoms with Crippen LogP contribution in [0, 0.1) is 5.82 Å². The first-order chi connectivity index (χ1) is 6.24. The van der Waals surface area contributed by atoms with E-state index < -0.39 is 0 Å². The molecule has 2 aromatic rings. The molecular formula is C9H10FN3. The Bertz CT molecular complexity index is 447. The summed E-state index contributed by atoms with van der Waals surface area (Å²) in [6, 6.07) is 3.13. The van der Waals surface area contributed by atoms with E-state index in [0.717, 1.165) is 10.9 Å². The average Bonchev–Trinajstić information content (AvgIpc) is 2.48. The molecule has 0 spiro atoms. The summed E-state index contributed by atoms with van der Waals surface area (Å²) >= 11 is 0. The first-order valence-electron chi connectivity index (χ1n) is 4.03. The van der Waals surface area contributed by atoms with Gasteiger partial charge >= 0.3 is 0 Å². The number of nitrogens with two attached hydrogens (primary N) is 1. The highest BCUT2D eigenvalue weighted by Gasteiger charge is 2.08. The van der Waals surface area contributed by atoms with Crippen LogP contribution in [0.1, 0.15) is 5.56 Å². The number of hydrogen-bond acceptors (Lipinski definition) is 2. The summed E-state index contributed by atoms with van der Waals surface area (Å²) < 4.78 is 14.9. The lowest BCUT2D eigenvalue weighted by atomic mass is 10.1. The number of hydrogen-bond donors (Lipinski definition) is 1. The molecule has 0 bridgehead atoms. The minimum Gasteiger partial charge on any atom is -0.326 e. The third-order valence-corrected chi connectivity index (χ3v) is 2.19. The molecule has 68 valence electrons. The van der Waals surface area contributed by atoms with Crippen LogP contribution in [0.15, 0.2) is 18.3 Å². The first-order valence-corrected chi connectivity index (χ1v) is 4.03. The lowest BCUT2D eigenvalue weighted by Crippen LogP contribution is -2.00. The Labute approximate surface area is 75.0 Å². The van der Waals surface area contributed by atoms with Gasteiger partial charge in [-0.1, -0.05) is 0 Å². The van der Waals surface area contributed by atoms with E-state index in [4.69, 9.17) is 5.73 Å². The first kappa shape index (κ1) is 8.19. The summed E-state index contributed by atoms with van der Waals surface area (Å²) in [6.07, 6.45) is 1.64. The molecule has 2 N–H and O–H groups in total. The fraction of sp³-hybridized carbons (Fsp3) is 0.222. The van der Waals surface area contributed by atoms with Gasteiger partial charge in [0.2, 0.25) is 0 Å². The summed E-state index contributed by atoms with van der Waals surface area (Å²) in [5, 5.41) is 4.84. The maximum atomic E-state index is 13.2. The standard InChI is InChI=1S/C9H10FN3/c1-13-9-3-2-8(10)6(4-11)7(9)5-12-13/h2-3,5H,4,11H2,1H3. The summed E-state index contributed by atoms with van der Waals surface area (Å²) in [5.74, 6) is -0.261. The number of benzene rings is 1. The highest BCUT2D eigenvalue weighted by atomic mass is 19.1. The van der Waals surface area contributed by atoms with Gasteiger partial charge in [-0.05, 0) is 12.1 Å². The van der Waals surface area contributed by atoms with Gasteiger partial charge in [0.25, 0.3) is 0 Å². The topological polar surface area (TPSA) is 43.8 Å². The minimum atomic E-state index is -0.261. The monoisotopic (exact) mass is 179 g/mol. The fourth-order valence-electron chi connectivity index (χ4n) is 1.47. The Balaban J connectivity index is 2.85.